The van der Waals surface area contributed by atoms with Gasteiger partial charge in [0.25, 0.3) is 0 Å². The molecule has 6 heteroatoms. The first-order valence-corrected chi connectivity index (χ1v) is 11.3. The quantitative estimate of drug-likeness (QED) is 0.500. The van der Waals surface area contributed by atoms with Crippen molar-refractivity contribution in [2.24, 2.45) is 0 Å². The van der Waals surface area contributed by atoms with Crippen molar-refractivity contribution in [2.75, 3.05) is 6.54 Å². The van der Waals surface area contributed by atoms with Crippen molar-refractivity contribution in [1.82, 2.24) is 14.1 Å². The van der Waals surface area contributed by atoms with E-state index in [1.807, 2.05) is 78.9 Å². The lowest BCUT2D eigenvalue weighted by molar-refractivity contribution is 0.391. The molecule has 1 aliphatic rings. The summed E-state index contributed by atoms with van der Waals surface area (Å²) in [6.07, 6.45) is 2.34. The number of aromatic nitrogens is 2. The summed E-state index contributed by atoms with van der Waals surface area (Å²) in [6.45, 7) is 0.841. The molecule has 0 atom stereocenters. The molecule has 0 aliphatic carbocycles. The number of rotatable bonds is 4. The van der Waals surface area contributed by atoms with Gasteiger partial charge in [-0.05, 0) is 29.7 Å². The zero-order chi connectivity index (χ0) is 20.6. The summed E-state index contributed by atoms with van der Waals surface area (Å²) in [5.74, 6) is 0. The van der Waals surface area contributed by atoms with Crippen molar-refractivity contribution in [3.8, 4) is 16.9 Å². The first-order valence-electron chi connectivity index (χ1n) is 9.90. The van der Waals surface area contributed by atoms with E-state index >= 15 is 0 Å². The predicted molar refractivity (Wildman–Crippen MR) is 117 cm³/mol. The number of para-hydroxylation sites is 1. The van der Waals surface area contributed by atoms with Crippen LogP contribution in [0.3, 0.4) is 0 Å². The third kappa shape index (κ3) is 3.34. The average Bonchev–Trinajstić information content (AvgIpc) is 3.26. The fraction of sp³-hybridized carbons (Fsp3) is 0.125. The SMILES string of the molecule is O=S(=O)(c1cn(-c2ccccc2)nc1-c1ccccc1)N1CCc2ccccc2C1. The number of nitrogens with zero attached hydrogens (tertiary/aromatic N) is 3. The predicted octanol–water partition coefficient (Wildman–Crippen LogP) is 4.29. The highest BCUT2D eigenvalue weighted by atomic mass is 32.2. The first kappa shape index (κ1) is 18.8. The van der Waals surface area contributed by atoms with Gasteiger partial charge < -0.3 is 0 Å². The molecule has 0 spiro atoms. The Kier molecular flexibility index (Phi) is 4.73. The second-order valence-corrected chi connectivity index (χ2v) is 9.25. The summed E-state index contributed by atoms with van der Waals surface area (Å²) in [7, 11) is -3.72. The molecule has 5 nitrogen and oxygen atoms in total. The molecule has 4 aromatic rings. The molecule has 0 amide bonds. The maximum atomic E-state index is 13.7. The summed E-state index contributed by atoms with van der Waals surface area (Å²) in [4.78, 5) is 0.233. The molecular weight excluding hydrogens is 394 g/mol. The molecule has 1 aliphatic heterocycles. The van der Waals surface area contributed by atoms with Crippen LogP contribution in [0.2, 0.25) is 0 Å². The third-order valence-corrected chi connectivity index (χ3v) is 7.31. The molecule has 1 aromatic heterocycles. The Hall–Kier alpha value is -3.22. The summed E-state index contributed by atoms with van der Waals surface area (Å²) < 4.78 is 30.6. The second kappa shape index (κ2) is 7.55. The molecule has 0 fully saturated rings. The van der Waals surface area contributed by atoms with Crippen molar-refractivity contribution in [1.29, 1.82) is 0 Å². The van der Waals surface area contributed by atoms with Gasteiger partial charge in [-0.25, -0.2) is 13.1 Å². The van der Waals surface area contributed by atoms with Crippen LogP contribution in [0.1, 0.15) is 11.1 Å². The van der Waals surface area contributed by atoms with Crippen LogP contribution in [0.15, 0.2) is 96.0 Å². The minimum absolute atomic E-state index is 0.233. The molecule has 0 unspecified atom stereocenters. The average molecular weight is 416 g/mol. The molecule has 30 heavy (non-hydrogen) atoms. The highest BCUT2D eigenvalue weighted by Gasteiger charge is 2.32. The Morgan fingerprint density at radius 3 is 2.13 bits per heavy atom. The topological polar surface area (TPSA) is 55.2 Å². The van der Waals surface area contributed by atoms with E-state index in [1.165, 1.54) is 5.56 Å². The highest BCUT2D eigenvalue weighted by molar-refractivity contribution is 7.89. The van der Waals surface area contributed by atoms with E-state index in [2.05, 4.69) is 11.2 Å². The number of benzene rings is 3. The molecular formula is C24H21N3O2S. The number of hydrogen-bond acceptors (Lipinski definition) is 3. The maximum absolute atomic E-state index is 13.7. The monoisotopic (exact) mass is 415 g/mol. The third-order valence-electron chi connectivity index (χ3n) is 5.46. The molecule has 0 N–H and O–H groups in total. The Morgan fingerprint density at radius 2 is 1.40 bits per heavy atom. The van der Waals surface area contributed by atoms with Crippen molar-refractivity contribution in [3.63, 3.8) is 0 Å². The molecule has 5 rings (SSSR count). The van der Waals surface area contributed by atoms with E-state index in [-0.39, 0.29) is 4.90 Å². The summed E-state index contributed by atoms with van der Waals surface area (Å²) in [5.41, 5.74) is 4.35. The van der Waals surface area contributed by atoms with Gasteiger partial charge in [0.05, 0.1) is 11.9 Å². The zero-order valence-corrected chi connectivity index (χ0v) is 17.2. The minimum Gasteiger partial charge on any atom is -0.239 e. The zero-order valence-electron chi connectivity index (χ0n) is 16.3. The standard InChI is InChI=1S/C24H21N3O2S/c28-30(29,26-16-15-19-9-7-8-12-21(19)17-26)23-18-27(22-13-5-2-6-14-22)25-24(23)20-10-3-1-4-11-20/h1-14,18H,15-17H2. The van der Waals surface area contributed by atoms with Crippen LogP contribution in [0.25, 0.3) is 16.9 Å². The lowest BCUT2D eigenvalue weighted by Gasteiger charge is -2.27. The van der Waals surface area contributed by atoms with Gasteiger partial charge in [-0.1, -0.05) is 72.8 Å². The van der Waals surface area contributed by atoms with E-state index in [9.17, 15) is 8.42 Å². The summed E-state index contributed by atoms with van der Waals surface area (Å²) >= 11 is 0. The Labute approximate surface area is 176 Å². The lowest BCUT2D eigenvalue weighted by Crippen LogP contribution is -2.36. The van der Waals surface area contributed by atoms with E-state index in [4.69, 9.17) is 0 Å². The van der Waals surface area contributed by atoms with Crippen LogP contribution in [0.4, 0.5) is 0 Å². The smallest absolute Gasteiger partial charge is 0.239 e. The van der Waals surface area contributed by atoms with E-state index in [1.54, 1.807) is 15.2 Å². The lowest BCUT2D eigenvalue weighted by atomic mass is 10.0. The van der Waals surface area contributed by atoms with Gasteiger partial charge in [0.2, 0.25) is 10.0 Å². The van der Waals surface area contributed by atoms with Crippen LogP contribution < -0.4 is 0 Å². The molecule has 2 heterocycles. The van der Waals surface area contributed by atoms with Crippen molar-refractivity contribution >= 4 is 10.0 Å². The van der Waals surface area contributed by atoms with Crippen LogP contribution in [-0.4, -0.2) is 29.0 Å². The van der Waals surface area contributed by atoms with Crippen LogP contribution in [0, 0.1) is 0 Å². The van der Waals surface area contributed by atoms with Gasteiger partial charge in [-0.2, -0.15) is 9.40 Å². The van der Waals surface area contributed by atoms with E-state index in [0.717, 1.165) is 16.8 Å². The van der Waals surface area contributed by atoms with Crippen molar-refractivity contribution < 1.29 is 8.42 Å². The second-order valence-electron chi connectivity index (χ2n) is 7.35. The fourth-order valence-electron chi connectivity index (χ4n) is 3.87. The van der Waals surface area contributed by atoms with Gasteiger partial charge in [-0.15, -0.1) is 0 Å². The Bertz CT molecular complexity index is 1280. The van der Waals surface area contributed by atoms with Gasteiger partial charge in [0, 0.05) is 18.7 Å². The fourth-order valence-corrected chi connectivity index (χ4v) is 5.42. The minimum atomic E-state index is -3.72. The van der Waals surface area contributed by atoms with Crippen molar-refractivity contribution in [3.05, 3.63) is 102 Å². The molecule has 3 aromatic carbocycles. The maximum Gasteiger partial charge on any atom is 0.247 e. The normalized spacial score (nSPS) is 14.4. The van der Waals surface area contributed by atoms with E-state index in [0.29, 0.717) is 25.2 Å². The Morgan fingerprint density at radius 1 is 0.767 bits per heavy atom. The van der Waals surface area contributed by atoms with Gasteiger partial charge >= 0.3 is 0 Å². The van der Waals surface area contributed by atoms with E-state index < -0.39 is 10.0 Å². The number of fused-ring (bicyclic) bond motifs is 1. The Balaban J connectivity index is 1.61. The molecule has 0 radical (unpaired) electrons. The number of sulfonamides is 1. The molecule has 0 saturated carbocycles. The van der Waals surface area contributed by atoms with Crippen LogP contribution in [-0.2, 0) is 23.0 Å². The number of hydrogen-bond donors (Lipinski definition) is 0. The van der Waals surface area contributed by atoms with Gasteiger partial charge in [0.1, 0.15) is 10.6 Å². The van der Waals surface area contributed by atoms with Gasteiger partial charge in [0.15, 0.2) is 0 Å². The highest BCUT2D eigenvalue weighted by Crippen LogP contribution is 2.32. The first-order chi connectivity index (χ1) is 14.6. The van der Waals surface area contributed by atoms with Crippen LogP contribution >= 0.6 is 0 Å². The van der Waals surface area contributed by atoms with Crippen LogP contribution in [0.5, 0.6) is 0 Å². The molecule has 0 bridgehead atoms. The van der Waals surface area contributed by atoms with Crippen molar-refractivity contribution in [2.45, 2.75) is 17.9 Å². The largest absolute Gasteiger partial charge is 0.247 e. The van der Waals surface area contributed by atoms with Gasteiger partial charge in [-0.3, -0.25) is 0 Å². The molecule has 0 saturated heterocycles. The summed E-state index contributed by atoms with van der Waals surface area (Å²) in [5, 5.41) is 4.67. The summed E-state index contributed by atoms with van der Waals surface area (Å²) in [6, 6.07) is 27.1. The molecule has 150 valence electrons.